The zero-order chi connectivity index (χ0) is 15.4. The third-order valence-electron chi connectivity index (χ3n) is 3.13. The fourth-order valence-corrected chi connectivity index (χ4v) is 2.06. The van der Waals surface area contributed by atoms with Crippen molar-refractivity contribution in [2.75, 3.05) is 12.4 Å². The second kappa shape index (κ2) is 6.25. The van der Waals surface area contributed by atoms with Crippen molar-refractivity contribution in [3.8, 4) is 5.75 Å². The average molecular weight is 294 g/mol. The van der Waals surface area contributed by atoms with Gasteiger partial charge in [-0.1, -0.05) is 12.2 Å². The normalized spacial score (nSPS) is 20.1. The summed E-state index contributed by atoms with van der Waals surface area (Å²) in [6.07, 6.45) is 3.51. The Morgan fingerprint density at radius 3 is 2.76 bits per heavy atom. The largest absolute Gasteiger partial charge is 0.494 e. The SMILES string of the molecule is COc1cc(NC(=O)NC2C=CC(C(=O)O)C2)ccc1F. The number of hydrogen-bond acceptors (Lipinski definition) is 3. The second-order valence-electron chi connectivity index (χ2n) is 4.62. The first kappa shape index (κ1) is 14.8. The minimum atomic E-state index is -0.917. The predicted octanol–water partition coefficient (Wildman–Crippen LogP) is 1.99. The van der Waals surface area contributed by atoms with Gasteiger partial charge in [-0.2, -0.15) is 0 Å². The number of nitrogens with one attached hydrogen (secondary N) is 2. The lowest BCUT2D eigenvalue weighted by Gasteiger charge is -2.13. The van der Waals surface area contributed by atoms with Crippen molar-refractivity contribution in [2.24, 2.45) is 5.92 Å². The average Bonchev–Trinajstić information content (AvgIpc) is 2.89. The van der Waals surface area contributed by atoms with Crippen LogP contribution in [0.25, 0.3) is 0 Å². The number of amides is 2. The van der Waals surface area contributed by atoms with Gasteiger partial charge in [0.15, 0.2) is 11.6 Å². The number of urea groups is 1. The molecule has 0 aliphatic heterocycles. The van der Waals surface area contributed by atoms with Gasteiger partial charge in [0.05, 0.1) is 19.1 Å². The van der Waals surface area contributed by atoms with E-state index >= 15 is 0 Å². The minimum Gasteiger partial charge on any atom is -0.494 e. The van der Waals surface area contributed by atoms with Crippen molar-refractivity contribution in [3.05, 3.63) is 36.2 Å². The van der Waals surface area contributed by atoms with Gasteiger partial charge in [0, 0.05) is 11.8 Å². The van der Waals surface area contributed by atoms with E-state index in [1.807, 2.05) is 0 Å². The van der Waals surface area contributed by atoms with Gasteiger partial charge in [0.1, 0.15) is 0 Å². The van der Waals surface area contributed by atoms with Gasteiger partial charge < -0.3 is 20.5 Å². The van der Waals surface area contributed by atoms with Gasteiger partial charge in [-0.15, -0.1) is 0 Å². The summed E-state index contributed by atoms with van der Waals surface area (Å²) < 4.78 is 18.1. The molecule has 0 saturated heterocycles. The highest BCUT2D eigenvalue weighted by Crippen LogP contribution is 2.22. The highest BCUT2D eigenvalue weighted by Gasteiger charge is 2.25. The molecule has 2 rings (SSSR count). The number of carbonyl (C=O) groups excluding carboxylic acids is 1. The summed E-state index contributed by atoms with van der Waals surface area (Å²) >= 11 is 0. The van der Waals surface area contributed by atoms with E-state index in [0.29, 0.717) is 12.1 Å². The Labute approximate surface area is 120 Å². The van der Waals surface area contributed by atoms with Crippen LogP contribution in [0.15, 0.2) is 30.4 Å². The fourth-order valence-electron chi connectivity index (χ4n) is 2.06. The van der Waals surface area contributed by atoms with E-state index in [0.717, 1.165) is 0 Å². The zero-order valence-electron chi connectivity index (χ0n) is 11.3. The van der Waals surface area contributed by atoms with E-state index in [4.69, 9.17) is 9.84 Å². The Hall–Kier alpha value is -2.57. The summed E-state index contributed by atoms with van der Waals surface area (Å²) in [5, 5.41) is 14.0. The molecule has 1 aliphatic carbocycles. The monoisotopic (exact) mass is 294 g/mol. The van der Waals surface area contributed by atoms with Gasteiger partial charge in [-0.25, -0.2) is 9.18 Å². The summed E-state index contributed by atoms with van der Waals surface area (Å²) in [5.74, 6) is -1.99. The van der Waals surface area contributed by atoms with Crippen LogP contribution in [0, 0.1) is 11.7 Å². The lowest BCUT2D eigenvalue weighted by molar-refractivity contribution is -0.140. The molecule has 2 unspecified atom stereocenters. The van der Waals surface area contributed by atoms with Crippen LogP contribution in [0.3, 0.4) is 0 Å². The van der Waals surface area contributed by atoms with Gasteiger partial charge in [-0.05, 0) is 18.6 Å². The van der Waals surface area contributed by atoms with E-state index in [-0.39, 0.29) is 11.8 Å². The van der Waals surface area contributed by atoms with Crippen molar-refractivity contribution >= 4 is 17.7 Å². The van der Waals surface area contributed by atoms with Crippen LogP contribution in [-0.4, -0.2) is 30.3 Å². The Bertz CT molecular complexity index is 588. The predicted molar refractivity (Wildman–Crippen MR) is 73.8 cm³/mol. The summed E-state index contributed by atoms with van der Waals surface area (Å²) in [7, 11) is 1.33. The van der Waals surface area contributed by atoms with Crippen LogP contribution in [-0.2, 0) is 4.79 Å². The highest BCUT2D eigenvalue weighted by molar-refractivity contribution is 5.90. The molecule has 7 heteroatoms. The smallest absolute Gasteiger partial charge is 0.319 e. The highest BCUT2D eigenvalue weighted by atomic mass is 19.1. The molecule has 112 valence electrons. The number of rotatable bonds is 4. The van der Waals surface area contributed by atoms with Crippen LogP contribution < -0.4 is 15.4 Å². The number of aliphatic carboxylic acids is 1. The molecule has 1 aliphatic rings. The second-order valence-corrected chi connectivity index (χ2v) is 4.62. The van der Waals surface area contributed by atoms with Crippen molar-refractivity contribution < 1.29 is 23.8 Å². The first-order valence-electron chi connectivity index (χ1n) is 6.32. The van der Waals surface area contributed by atoms with E-state index in [2.05, 4.69) is 10.6 Å². The number of methoxy groups -OCH3 is 1. The summed E-state index contributed by atoms with van der Waals surface area (Å²) in [4.78, 5) is 22.6. The number of carbonyl (C=O) groups is 2. The van der Waals surface area contributed by atoms with Crippen LogP contribution in [0.1, 0.15) is 6.42 Å². The van der Waals surface area contributed by atoms with Crippen LogP contribution in [0.4, 0.5) is 14.9 Å². The molecule has 1 aromatic carbocycles. The van der Waals surface area contributed by atoms with Crippen molar-refractivity contribution in [1.82, 2.24) is 5.32 Å². The Morgan fingerprint density at radius 2 is 2.14 bits per heavy atom. The third kappa shape index (κ3) is 3.71. The summed E-state index contributed by atoms with van der Waals surface area (Å²) in [5.41, 5.74) is 0.377. The van der Waals surface area contributed by atoms with Crippen LogP contribution in [0.2, 0.25) is 0 Å². The molecule has 0 radical (unpaired) electrons. The maximum Gasteiger partial charge on any atom is 0.319 e. The van der Waals surface area contributed by atoms with Gasteiger partial charge >= 0.3 is 12.0 Å². The molecule has 0 saturated carbocycles. The van der Waals surface area contributed by atoms with Crippen molar-refractivity contribution in [1.29, 1.82) is 0 Å². The molecule has 21 heavy (non-hydrogen) atoms. The number of anilines is 1. The molecule has 6 nitrogen and oxygen atoms in total. The Balaban J connectivity index is 1.91. The number of carboxylic acids is 1. The van der Waals surface area contributed by atoms with Gasteiger partial charge in [0.25, 0.3) is 0 Å². The molecule has 0 bridgehead atoms. The molecule has 3 N–H and O–H groups in total. The van der Waals surface area contributed by atoms with Crippen molar-refractivity contribution in [3.63, 3.8) is 0 Å². The summed E-state index contributed by atoms with van der Waals surface area (Å²) in [6, 6.07) is 3.11. The number of benzene rings is 1. The Kier molecular flexibility index (Phi) is 4.42. The maximum atomic E-state index is 13.2. The molecule has 0 spiro atoms. The van der Waals surface area contributed by atoms with Crippen molar-refractivity contribution in [2.45, 2.75) is 12.5 Å². The maximum absolute atomic E-state index is 13.2. The van der Waals surface area contributed by atoms with Crippen LogP contribution in [0.5, 0.6) is 5.75 Å². The molecule has 2 atom stereocenters. The molecule has 1 aromatic rings. The Morgan fingerprint density at radius 1 is 1.38 bits per heavy atom. The molecule has 2 amide bonds. The quantitative estimate of drug-likeness (QED) is 0.741. The minimum absolute atomic E-state index is 0.0273. The fraction of sp³-hybridized carbons (Fsp3) is 0.286. The standard InChI is InChI=1S/C14H15FN2O4/c1-21-12-7-10(4-5-11(12)15)17-14(20)16-9-3-2-8(6-9)13(18)19/h2-5,7-9H,6H2,1H3,(H,18,19)(H2,16,17,20). The lowest BCUT2D eigenvalue weighted by atomic mass is 10.1. The van der Waals surface area contributed by atoms with Gasteiger partial charge in [-0.3, -0.25) is 4.79 Å². The molecular formula is C14H15FN2O4. The number of hydrogen-bond donors (Lipinski definition) is 3. The molecule has 0 heterocycles. The van der Waals surface area contributed by atoms with E-state index in [1.165, 1.54) is 25.3 Å². The first-order chi connectivity index (χ1) is 9.99. The van der Waals surface area contributed by atoms with Gasteiger partial charge in [0.2, 0.25) is 0 Å². The number of carboxylic acid groups (broad SMARTS) is 1. The third-order valence-corrected chi connectivity index (χ3v) is 3.13. The van der Waals surface area contributed by atoms with E-state index < -0.39 is 23.7 Å². The molecule has 0 aromatic heterocycles. The first-order valence-corrected chi connectivity index (χ1v) is 6.32. The zero-order valence-corrected chi connectivity index (χ0v) is 11.3. The lowest BCUT2D eigenvalue weighted by Crippen LogP contribution is -2.36. The van der Waals surface area contributed by atoms with E-state index in [1.54, 1.807) is 12.2 Å². The summed E-state index contributed by atoms with van der Waals surface area (Å²) in [6.45, 7) is 0. The van der Waals surface area contributed by atoms with Crippen LogP contribution >= 0.6 is 0 Å². The number of ether oxygens (including phenoxy) is 1. The number of halogens is 1. The molecular weight excluding hydrogens is 279 g/mol. The topological polar surface area (TPSA) is 87.7 Å². The van der Waals surface area contributed by atoms with E-state index in [9.17, 15) is 14.0 Å². The molecule has 0 fully saturated rings.